The van der Waals surface area contributed by atoms with E-state index in [0.717, 1.165) is 51.6 Å². The molecule has 0 aromatic rings. The minimum Gasteiger partial charge on any atom is -0.381 e. The zero-order chi connectivity index (χ0) is 14.4. The van der Waals surface area contributed by atoms with Crippen molar-refractivity contribution in [1.29, 1.82) is 0 Å². The molecular weight excluding hydrogens is 325 g/mol. The third-order valence-corrected chi connectivity index (χ3v) is 4.54. The number of nitrogens with two attached hydrogens (primary N) is 1. The van der Waals surface area contributed by atoms with E-state index >= 15 is 0 Å². The topological polar surface area (TPSA) is 67.6 Å². The Balaban J connectivity index is 0.00000220. The average Bonchev–Trinajstić information content (AvgIpc) is 2.47. The molecule has 2 rings (SSSR count). The van der Waals surface area contributed by atoms with Crippen molar-refractivity contribution in [1.82, 2.24) is 10.2 Å². The summed E-state index contributed by atoms with van der Waals surface area (Å²) in [5, 5.41) is 3.00. The van der Waals surface area contributed by atoms with Gasteiger partial charge >= 0.3 is 0 Å². The first-order chi connectivity index (χ1) is 9.66. The van der Waals surface area contributed by atoms with Crippen molar-refractivity contribution in [3.63, 3.8) is 0 Å². The molecule has 5 nitrogen and oxygen atoms in total. The summed E-state index contributed by atoms with van der Waals surface area (Å²) < 4.78 is 5.31. The zero-order valence-corrected chi connectivity index (χ0v) is 15.1. The fraction of sp³-hybridized carbons (Fsp3) is 0.933. The Bertz CT molecular complexity index is 315. The molecule has 2 atom stereocenters. The number of carbonyl (C=O) groups is 1. The number of hydrogen-bond donors (Lipinski definition) is 2. The lowest BCUT2D eigenvalue weighted by Crippen LogP contribution is -2.49. The summed E-state index contributed by atoms with van der Waals surface area (Å²) in [6.07, 6.45) is 4.41. The van der Waals surface area contributed by atoms with Gasteiger partial charge in [-0.05, 0) is 44.1 Å². The fourth-order valence-corrected chi connectivity index (χ4v) is 3.23. The van der Waals surface area contributed by atoms with Crippen molar-refractivity contribution in [2.75, 3.05) is 39.4 Å². The number of piperidine rings is 1. The second-order valence-electron chi connectivity index (χ2n) is 6.31. The molecule has 2 aliphatic heterocycles. The molecular formula is C15H31Cl2N3O2. The third-order valence-electron chi connectivity index (χ3n) is 4.54. The van der Waals surface area contributed by atoms with E-state index in [2.05, 4.69) is 17.1 Å². The number of nitrogens with zero attached hydrogens (tertiary/aromatic N) is 1. The standard InChI is InChI=1S/C15H29N3O2.2ClH/c1-12-3-2-7-18(11-12)8-6-17-15(19)14(16)13-4-9-20-10-5-13;;/h12-14H,2-11,16H2,1H3,(H,17,19);2*1H. The molecule has 2 heterocycles. The molecule has 2 fully saturated rings. The van der Waals surface area contributed by atoms with Gasteiger partial charge in [0.05, 0.1) is 6.04 Å². The average molecular weight is 356 g/mol. The molecule has 0 aromatic carbocycles. The van der Waals surface area contributed by atoms with Crippen LogP contribution in [-0.4, -0.2) is 56.2 Å². The van der Waals surface area contributed by atoms with Gasteiger partial charge in [0.15, 0.2) is 0 Å². The summed E-state index contributed by atoms with van der Waals surface area (Å²) in [6, 6.07) is -0.376. The van der Waals surface area contributed by atoms with Gasteiger partial charge in [-0.1, -0.05) is 6.92 Å². The van der Waals surface area contributed by atoms with E-state index in [1.807, 2.05) is 0 Å². The minimum atomic E-state index is -0.376. The van der Waals surface area contributed by atoms with E-state index in [1.54, 1.807) is 0 Å². The van der Waals surface area contributed by atoms with Gasteiger partial charge in [0.2, 0.25) is 5.91 Å². The van der Waals surface area contributed by atoms with Crippen LogP contribution < -0.4 is 11.1 Å². The summed E-state index contributed by atoms with van der Waals surface area (Å²) >= 11 is 0. The number of ether oxygens (including phenoxy) is 1. The molecule has 132 valence electrons. The Kier molecular flexibility index (Phi) is 11.4. The molecule has 0 radical (unpaired) electrons. The van der Waals surface area contributed by atoms with E-state index in [1.165, 1.54) is 12.8 Å². The summed E-state index contributed by atoms with van der Waals surface area (Å²) in [5.41, 5.74) is 6.05. The molecule has 1 amide bonds. The van der Waals surface area contributed by atoms with Gasteiger partial charge in [-0.3, -0.25) is 4.79 Å². The Morgan fingerprint density at radius 2 is 2.00 bits per heavy atom. The van der Waals surface area contributed by atoms with Crippen LogP contribution in [0.5, 0.6) is 0 Å². The number of likely N-dealkylation sites (tertiary alicyclic amines) is 1. The molecule has 2 saturated heterocycles. The lowest BCUT2D eigenvalue weighted by molar-refractivity contribution is -0.124. The van der Waals surface area contributed by atoms with Gasteiger partial charge in [-0.25, -0.2) is 0 Å². The monoisotopic (exact) mass is 355 g/mol. The quantitative estimate of drug-likeness (QED) is 0.782. The Hall–Kier alpha value is -0.0700. The number of amides is 1. The highest BCUT2D eigenvalue weighted by Gasteiger charge is 2.26. The summed E-state index contributed by atoms with van der Waals surface area (Å²) in [5.74, 6) is 1.06. The van der Waals surface area contributed by atoms with Gasteiger partial charge in [0.1, 0.15) is 0 Å². The predicted molar refractivity (Wildman–Crippen MR) is 93.9 cm³/mol. The highest BCUT2D eigenvalue weighted by molar-refractivity contribution is 5.85. The SMILES string of the molecule is CC1CCCN(CCNC(=O)C(N)C2CCOCC2)C1.Cl.Cl. The van der Waals surface area contributed by atoms with Gasteiger partial charge in [0, 0.05) is 32.8 Å². The van der Waals surface area contributed by atoms with Crippen molar-refractivity contribution in [3.05, 3.63) is 0 Å². The zero-order valence-electron chi connectivity index (χ0n) is 13.5. The van der Waals surface area contributed by atoms with Gasteiger partial charge < -0.3 is 20.7 Å². The molecule has 22 heavy (non-hydrogen) atoms. The van der Waals surface area contributed by atoms with E-state index in [9.17, 15) is 4.79 Å². The van der Waals surface area contributed by atoms with E-state index in [-0.39, 0.29) is 42.7 Å². The van der Waals surface area contributed by atoms with Gasteiger partial charge in [0.25, 0.3) is 0 Å². The molecule has 0 spiro atoms. The number of halogens is 2. The van der Waals surface area contributed by atoms with Crippen molar-refractivity contribution in [3.8, 4) is 0 Å². The van der Waals surface area contributed by atoms with Crippen LogP contribution in [-0.2, 0) is 9.53 Å². The Morgan fingerprint density at radius 3 is 2.64 bits per heavy atom. The van der Waals surface area contributed by atoms with Crippen LogP contribution in [0, 0.1) is 11.8 Å². The summed E-state index contributed by atoms with van der Waals surface area (Å²) in [7, 11) is 0. The molecule has 2 aliphatic rings. The number of rotatable bonds is 5. The molecule has 0 saturated carbocycles. The molecule has 3 N–H and O–H groups in total. The third kappa shape index (κ3) is 7.01. The van der Waals surface area contributed by atoms with E-state index in [0.29, 0.717) is 6.54 Å². The Labute approximate surface area is 146 Å². The van der Waals surface area contributed by atoms with Gasteiger partial charge in [-0.2, -0.15) is 0 Å². The number of hydrogen-bond acceptors (Lipinski definition) is 4. The van der Waals surface area contributed by atoms with Gasteiger partial charge in [-0.15, -0.1) is 24.8 Å². The molecule has 7 heteroatoms. The molecule has 0 aliphatic carbocycles. The van der Waals surface area contributed by atoms with Crippen LogP contribution in [0.15, 0.2) is 0 Å². The first-order valence-corrected chi connectivity index (χ1v) is 8.00. The fourth-order valence-electron chi connectivity index (χ4n) is 3.23. The van der Waals surface area contributed by atoms with Crippen LogP contribution in [0.25, 0.3) is 0 Å². The molecule has 0 aromatic heterocycles. The van der Waals surface area contributed by atoms with E-state index < -0.39 is 0 Å². The van der Waals surface area contributed by atoms with Crippen LogP contribution in [0.4, 0.5) is 0 Å². The maximum atomic E-state index is 12.1. The van der Waals surface area contributed by atoms with Crippen molar-refractivity contribution in [2.45, 2.75) is 38.6 Å². The normalized spacial score (nSPS) is 24.7. The lowest BCUT2D eigenvalue weighted by Gasteiger charge is -2.31. The highest BCUT2D eigenvalue weighted by Crippen LogP contribution is 2.17. The number of carbonyl (C=O) groups excluding carboxylic acids is 1. The van der Waals surface area contributed by atoms with Crippen molar-refractivity contribution in [2.24, 2.45) is 17.6 Å². The molecule has 2 unspecified atom stereocenters. The maximum absolute atomic E-state index is 12.1. The van der Waals surface area contributed by atoms with Crippen molar-refractivity contribution >= 4 is 30.7 Å². The van der Waals surface area contributed by atoms with Crippen LogP contribution in [0.3, 0.4) is 0 Å². The highest BCUT2D eigenvalue weighted by atomic mass is 35.5. The number of nitrogens with one attached hydrogen (secondary N) is 1. The second kappa shape index (κ2) is 11.5. The first kappa shape index (κ1) is 21.9. The molecule has 0 bridgehead atoms. The Morgan fingerprint density at radius 1 is 1.32 bits per heavy atom. The maximum Gasteiger partial charge on any atom is 0.237 e. The predicted octanol–water partition coefficient (Wildman–Crippen LogP) is 1.43. The van der Waals surface area contributed by atoms with Crippen LogP contribution in [0.2, 0.25) is 0 Å². The van der Waals surface area contributed by atoms with Crippen LogP contribution in [0.1, 0.15) is 32.6 Å². The largest absolute Gasteiger partial charge is 0.381 e. The summed E-state index contributed by atoms with van der Waals surface area (Å²) in [4.78, 5) is 14.5. The van der Waals surface area contributed by atoms with Crippen molar-refractivity contribution < 1.29 is 9.53 Å². The first-order valence-electron chi connectivity index (χ1n) is 8.00. The van der Waals surface area contributed by atoms with Crippen LogP contribution >= 0.6 is 24.8 Å². The van der Waals surface area contributed by atoms with E-state index in [4.69, 9.17) is 10.5 Å². The smallest absolute Gasteiger partial charge is 0.237 e. The summed E-state index contributed by atoms with van der Waals surface area (Å²) in [6.45, 7) is 7.73. The lowest BCUT2D eigenvalue weighted by atomic mass is 9.92. The minimum absolute atomic E-state index is 0. The second-order valence-corrected chi connectivity index (χ2v) is 6.31.